The zero-order valence-corrected chi connectivity index (χ0v) is 17.7. The zero-order valence-electron chi connectivity index (χ0n) is 16.9. The molecule has 0 amide bonds. The number of hydrogen-bond donors (Lipinski definition) is 0. The number of thiazole rings is 1. The smallest absolute Gasteiger partial charge is 0.338 e. The molecule has 0 bridgehead atoms. The van der Waals surface area contributed by atoms with Gasteiger partial charge < -0.3 is 19.1 Å². The van der Waals surface area contributed by atoms with Gasteiger partial charge in [-0.2, -0.15) is 0 Å². The summed E-state index contributed by atoms with van der Waals surface area (Å²) in [7, 11) is 1.65. The van der Waals surface area contributed by atoms with Gasteiger partial charge in [-0.05, 0) is 42.5 Å². The number of rotatable bonds is 6. The van der Waals surface area contributed by atoms with Crippen LogP contribution in [0.4, 0.5) is 5.13 Å². The van der Waals surface area contributed by atoms with E-state index >= 15 is 0 Å². The van der Waals surface area contributed by atoms with E-state index in [1.807, 2.05) is 54.6 Å². The van der Waals surface area contributed by atoms with Crippen molar-refractivity contribution in [3.05, 3.63) is 78.4 Å². The first-order chi connectivity index (χ1) is 15.2. The lowest BCUT2D eigenvalue weighted by Gasteiger charge is -2.38. The van der Waals surface area contributed by atoms with Crippen LogP contribution in [0.25, 0.3) is 10.2 Å². The molecule has 0 spiro atoms. The molecule has 0 saturated carbocycles. The van der Waals surface area contributed by atoms with Crippen molar-refractivity contribution in [2.24, 2.45) is 0 Å². The maximum atomic E-state index is 12.6. The Kier molecular flexibility index (Phi) is 5.18. The number of esters is 1. The molecule has 0 radical (unpaired) electrons. The standard InChI is InChI=1S/C24H20N2O4S/c1-28-20-11-6-12-21-22(20)25-24(31-21)26-14-19(15-26)30-23(27)16-7-5-10-18(13-16)29-17-8-3-2-4-9-17/h2-13,19H,14-15H2,1H3. The highest BCUT2D eigenvalue weighted by atomic mass is 32.1. The normalized spacial score (nSPS) is 13.6. The second-order valence-corrected chi connectivity index (χ2v) is 8.19. The van der Waals surface area contributed by atoms with Gasteiger partial charge in [0.1, 0.15) is 28.9 Å². The van der Waals surface area contributed by atoms with Gasteiger partial charge in [0.15, 0.2) is 5.13 Å². The summed E-state index contributed by atoms with van der Waals surface area (Å²) < 4.78 is 17.9. The molecular formula is C24H20N2O4S. The Hall–Kier alpha value is -3.58. The Morgan fingerprint density at radius 3 is 2.58 bits per heavy atom. The highest BCUT2D eigenvalue weighted by molar-refractivity contribution is 7.22. The largest absolute Gasteiger partial charge is 0.494 e. The molecule has 1 aliphatic heterocycles. The quantitative estimate of drug-likeness (QED) is 0.393. The first kappa shape index (κ1) is 19.4. The summed E-state index contributed by atoms with van der Waals surface area (Å²) in [5.74, 6) is 1.73. The molecule has 7 heteroatoms. The molecule has 6 nitrogen and oxygen atoms in total. The third-order valence-electron chi connectivity index (χ3n) is 5.03. The predicted octanol–water partition coefficient (Wildman–Crippen LogP) is 5.14. The van der Waals surface area contributed by atoms with E-state index in [-0.39, 0.29) is 12.1 Å². The number of ether oxygens (including phenoxy) is 3. The van der Waals surface area contributed by atoms with Gasteiger partial charge in [-0.15, -0.1) is 0 Å². The van der Waals surface area contributed by atoms with Gasteiger partial charge in [0.05, 0.1) is 30.5 Å². The van der Waals surface area contributed by atoms with Crippen molar-refractivity contribution in [1.29, 1.82) is 0 Å². The third kappa shape index (κ3) is 4.04. The topological polar surface area (TPSA) is 60.9 Å². The molecule has 5 rings (SSSR count). The summed E-state index contributed by atoms with van der Waals surface area (Å²) in [6.07, 6.45) is -0.167. The summed E-state index contributed by atoms with van der Waals surface area (Å²) in [6.45, 7) is 1.24. The molecule has 2 heterocycles. The van der Waals surface area contributed by atoms with Crippen molar-refractivity contribution >= 4 is 32.7 Å². The summed E-state index contributed by atoms with van der Waals surface area (Å²) in [6, 6.07) is 22.4. The number of anilines is 1. The monoisotopic (exact) mass is 432 g/mol. The predicted molar refractivity (Wildman–Crippen MR) is 121 cm³/mol. The number of fused-ring (bicyclic) bond motifs is 1. The Morgan fingerprint density at radius 2 is 1.77 bits per heavy atom. The number of nitrogens with zero attached hydrogens (tertiary/aromatic N) is 2. The van der Waals surface area contributed by atoms with Crippen LogP contribution >= 0.6 is 11.3 Å². The summed E-state index contributed by atoms with van der Waals surface area (Å²) in [4.78, 5) is 19.4. The Labute approximate surface area is 183 Å². The van der Waals surface area contributed by atoms with Gasteiger partial charge in [0.25, 0.3) is 0 Å². The number of aromatic nitrogens is 1. The number of hydrogen-bond acceptors (Lipinski definition) is 7. The zero-order chi connectivity index (χ0) is 21.2. The van der Waals surface area contributed by atoms with Gasteiger partial charge in [-0.1, -0.05) is 41.7 Å². The number of methoxy groups -OCH3 is 1. The molecule has 31 heavy (non-hydrogen) atoms. The molecule has 0 N–H and O–H groups in total. The van der Waals surface area contributed by atoms with E-state index in [0.717, 1.165) is 26.8 Å². The summed E-state index contributed by atoms with van der Waals surface area (Å²) in [5.41, 5.74) is 1.33. The van der Waals surface area contributed by atoms with Crippen molar-refractivity contribution in [2.45, 2.75) is 6.10 Å². The maximum absolute atomic E-state index is 12.6. The number of carbonyl (C=O) groups excluding carboxylic acids is 1. The van der Waals surface area contributed by atoms with Gasteiger partial charge in [-0.25, -0.2) is 9.78 Å². The van der Waals surface area contributed by atoms with Gasteiger partial charge in [0, 0.05) is 0 Å². The van der Waals surface area contributed by atoms with E-state index in [1.165, 1.54) is 0 Å². The minimum absolute atomic E-state index is 0.167. The Balaban J connectivity index is 1.21. The highest BCUT2D eigenvalue weighted by Crippen LogP contribution is 2.36. The van der Waals surface area contributed by atoms with Gasteiger partial charge >= 0.3 is 5.97 Å². The number of benzene rings is 3. The van der Waals surface area contributed by atoms with E-state index in [4.69, 9.17) is 19.2 Å². The summed E-state index contributed by atoms with van der Waals surface area (Å²) >= 11 is 1.61. The van der Waals surface area contributed by atoms with Crippen molar-refractivity contribution in [3.63, 3.8) is 0 Å². The van der Waals surface area contributed by atoms with Crippen LogP contribution in [-0.4, -0.2) is 37.3 Å². The number of para-hydroxylation sites is 2. The highest BCUT2D eigenvalue weighted by Gasteiger charge is 2.32. The Bertz CT molecular complexity index is 1220. The lowest BCUT2D eigenvalue weighted by atomic mass is 10.1. The average molecular weight is 433 g/mol. The summed E-state index contributed by atoms with van der Waals surface area (Å²) in [5, 5.41) is 0.907. The molecule has 4 aromatic rings. The van der Waals surface area contributed by atoms with E-state index < -0.39 is 0 Å². The van der Waals surface area contributed by atoms with Crippen LogP contribution in [0.3, 0.4) is 0 Å². The fourth-order valence-electron chi connectivity index (χ4n) is 3.41. The van der Waals surface area contributed by atoms with E-state index in [1.54, 1.807) is 36.6 Å². The van der Waals surface area contributed by atoms with Crippen molar-refractivity contribution < 1.29 is 19.0 Å². The maximum Gasteiger partial charge on any atom is 0.338 e. The van der Waals surface area contributed by atoms with Gasteiger partial charge in [0.2, 0.25) is 0 Å². The molecule has 0 aliphatic carbocycles. The molecule has 0 unspecified atom stereocenters. The second kappa shape index (κ2) is 8.28. The van der Waals surface area contributed by atoms with Crippen LogP contribution in [0.15, 0.2) is 72.8 Å². The van der Waals surface area contributed by atoms with Crippen LogP contribution < -0.4 is 14.4 Å². The lowest BCUT2D eigenvalue weighted by Crippen LogP contribution is -2.53. The van der Waals surface area contributed by atoms with Crippen LogP contribution in [0.1, 0.15) is 10.4 Å². The SMILES string of the molecule is COc1cccc2sc(N3CC(OC(=O)c4cccc(Oc5ccccc5)c4)C3)nc12. The van der Waals surface area contributed by atoms with Crippen LogP contribution in [0, 0.1) is 0 Å². The fraction of sp³-hybridized carbons (Fsp3) is 0.167. The molecular weight excluding hydrogens is 412 g/mol. The van der Waals surface area contributed by atoms with Crippen molar-refractivity contribution in [3.8, 4) is 17.2 Å². The van der Waals surface area contributed by atoms with E-state index in [2.05, 4.69) is 4.90 Å². The van der Waals surface area contributed by atoms with Gasteiger partial charge in [-0.3, -0.25) is 0 Å². The number of carbonyl (C=O) groups is 1. The minimum Gasteiger partial charge on any atom is -0.494 e. The Morgan fingerprint density at radius 1 is 1.00 bits per heavy atom. The molecule has 0 atom stereocenters. The average Bonchev–Trinajstić information content (AvgIpc) is 3.20. The lowest BCUT2D eigenvalue weighted by molar-refractivity contribution is 0.0234. The first-order valence-corrected chi connectivity index (χ1v) is 10.7. The van der Waals surface area contributed by atoms with Crippen molar-refractivity contribution in [1.82, 2.24) is 4.98 Å². The molecule has 1 aliphatic rings. The molecule has 156 valence electrons. The van der Waals surface area contributed by atoms with E-state index in [9.17, 15) is 4.79 Å². The molecule has 3 aromatic carbocycles. The minimum atomic E-state index is -0.353. The molecule has 1 fully saturated rings. The first-order valence-electron chi connectivity index (χ1n) is 9.92. The molecule has 1 aromatic heterocycles. The van der Waals surface area contributed by atoms with Crippen LogP contribution in [-0.2, 0) is 4.74 Å². The van der Waals surface area contributed by atoms with Crippen LogP contribution in [0.2, 0.25) is 0 Å². The fourth-order valence-corrected chi connectivity index (χ4v) is 4.41. The molecule has 1 saturated heterocycles. The van der Waals surface area contributed by atoms with E-state index in [0.29, 0.717) is 24.4 Å². The second-order valence-electron chi connectivity index (χ2n) is 7.18. The van der Waals surface area contributed by atoms with Crippen LogP contribution in [0.5, 0.6) is 17.2 Å². The third-order valence-corrected chi connectivity index (χ3v) is 6.11. The van der Waals surface area contributed by atoms with Crippen molar-refractivity contribution in [2.75, 3.05) is 25.1 Å².